The standard InChI is InChI=1S/C23H20ClF7N6O2/c1-3-37(21(11-33)6-7-21)19(38)14-8-12(4-5-15(14)24)13(9-32)10-34-18-16(39-20(25)26)17(35-36(18)2)22(27,28)23(29,30)31/h4-5,8-10,20,32,34H,3,6-7H2,1-2H3/b13-10+,32-9?. The summed E-state index contributed by atoms with van der Waals surface area (Å²) in [6.45, 7) is -1.87. The van der Waals surface area contributed by atoms with E-state index < -0.39 is 47.4 Å². The van der Waals surface area contributed by atoms with E-state index in [1.54, 1.807) is 6.92 Å². The van der Waals surface area contributed by atoms with Gasteiger partial charge in [0.15, 0.2) is 17.3 Å². The fourth-order valence-electron chi connectivity index (χ4n) is 3.77. The Labute approximate surface area is 222 Å². The molecule has 2 N–H and O–H groups in total. The second kappa shape index (κ2) is 10.8. The first-order valence-corrected chi connectivity index (χ1v) is 11.5. The van der Waals surface area contributed by atoms with E-state index in [1.165, 1.54) is 23.1 Å². The molecule has 1 saturated carbocycles. The van der Waals surface area contributed by atoms with Gasteiger partial charge in [-0.15, -0.1) is 0 Å². The Balaban J connectivity index is 2.02. The molecule has 1 aromatic carbocycles. The van der Waals surface area contributed by atoms with Gasteiger partial charge in [0.2, 0.25) is 0 Å². The number of anilines is 1. The summed E-state index contributed by atoms with van der Waals surface area (Å²) in [5.74, 6) is -8.52. The van der Waals surface area contributed by atoms with Crippen molar-refractivity contribution in [2.75, 3.05) is 11.9 Å². The number of nitrogens with zero attached hydrogens (tertiary/aromatic N) is 4. The van der Waals surface area contributed by atoms with Crippen LogP contribution < -0.4 is 10.1 Å². The van der Waals surface area contributed by atoms with Crippen molar-refractivity contribution in [2.45, 2.75) is 44.0 Å². The number of hydrogen-bond donors (Lipinski definition) is 2. The Morgan fingerprint density at radius 1 is 1.36 bits per heavy atom. The highest BCUT2D eigenvalue weighted by molar-refractivity contribution is 6.34. The summed E-state index contributed by atoms with van der Waals surface area (Å²) in [5.41, 5.74) is -2.94. The van der Waals surface area contributed by atoms with Crippen LogP contribution in [0.1, 0.15) is 41.4 Å². The highest BCUT2D eigenvalue weighted by Gasteiger charge is 2.62. The molecule has 0 radical (unpaired) electrons. The molecular formula is C23H20ClF7N6O2. The molecule has 2 aromatic rings. The van der Waals surface area contributed by atoms with Crippen molar-refractivity contribution in [1.82, 2.24) is 14.7 Å². The van der Waals surface area contributed by atoms with Crippen molar-refractivity contribution in [2.24, 2.45) is 7.05 Å². The van der Waals surface area contributed by atoms with Gasteiger partial charge in [-0.2, -0.15) is 41.1 Å². The average Bonchev–Trinajstić information content (AvgIpc) is 3.58. The number of alkyl halides is 7. The Morgan fingerprint density at radius 2 is 2.00 bits per heavy atom. The third-order valence-electron chi connectivity index (χ3n) is 5.92. The largest absolute Gasteiger partial charge is 0.459 e. The predicted octanol–water partition coefficient (Wildman–Crippen LogP) is 5.95. The summed E-state index contributed by atoms with van der Waals surface area (Å²) in [6, 6.07) is 6.12. The number of hydrogen-bond acceptors (Lipinski definition) is 6. The molecule has 0 aliphatic heterocycles. The van der Waals surface area contributed by atoms with E-state index in [9.17, 15) is 40.8 Å². The molecular weight excluding hydrogens is 561 g/mol. The number of aromatic nitrogens is 2. The lowest BCUT2D eigenvalue weighted by molar-refractivity contribution is -0.291. The van der Waals surface area contributed by atoms with Crippen molar-refractivity contribution in [3.8, 4) is 11.8 Å². The summed E-state index contributed by atoms with van der Waals surface area (Å²) in [4.78, 5) is 14.5. The molecule has 0 bridgehead atoms. The van der Waals surface area contributed by atoms with Gasteiger partial charge in [0.25, 0.3) is 5.91 Å². The zero-order valence-corrected chi connectivity index (χ0v) is 21.0. The zero-order valence-electron chi connectivity index (χ0n) is 20.2. The predicted molar refractivity (Wildman–Crippen MR) is 126 cm³/mol. The molecule has 0 atom stereocenters. The van der Waals surface area contributed by atoms with Gasteiger partial charge in [0.1, 0.15) is 5.54 Å². The maximum atomic E-state index is 14.0. The van der Waals surface area contributed by atoms with Crippen LogP contribution in [0.2, 0.25) is 5.02 Å². The SMILES string of the molecule is CCN(C(=O)c1cc(/C(C=N)=C/Nc2c(OC(F)F)c(C(F)(F)C(F)(F)F)nn2C)ccc1Cl)C1(C#N)CC1. The molecule has 16 heteroatoms. The van der Waals surface area contributed by atoms with Crippen molar-refractivity contribution in [1.29, 1.82) is 10.7 Å². The van der Waals surface area contributed by atoms with Crippen molar-refractivity contribution < 1.29 is 40.3 Å². The van der Waals surface area contributed by atoms with Crippen molar-refractivity contribution >= 4 is 35.1 Å². The normalized spacial score (nSPS) is 15.1. The third-order valence-corrected chi connectivity index (χ3v) is 6.25. The number of halogens is 8. The summed E-state index contributed by atoms with van der Waals surface area (Å²) in [6.07, 6.45) is -3.50. The summed E-state index contributed by atoms with van der Waals surface area (Å²) >= 11 is 6.21. The van der Waals surface area contributed by atoms with Gasteiger partial charge in [-0.05, 0) is 37.5 Å². The Hall–Kier alpha value is -3.80. The van der Waals surface area contributed by atoms with Gasteiger partial charge < -0.3 is 20.4 Å². The maximum Gasteiger partial charge on any atom is 0.459 e. The fraction of sp³-hybridized carbons (Fsp3) is 0.391. The lowest BCUT2D eigenvalue weighted by Crippen LogP contribution is -2.41. The Morgan fingerprint density at radius 3 is 2.49 bits per heavy atom. The number of benzene rings is 1. The quantitative estimate of drug-likeness (QED) is 0.267. The minimum absolute atomic E-state index is 0.0142. The summed E-state index contributed by atoms with van der Waals surface area (Å²) in [7, 11) is 0.913. The number of nitrogens with one attached hydrogen (secondary N) is 2. The molecule has 1 aromatic heterocycles. The molecule has 39 heavy (non-hydrogen) atoms. The minimum atomic E-state index is -6.15. The van der Waals surface area contributed by atoms with Crippen molar-refractivity contribution in [3.05, 3.63) is 46.2 Å². The first-order valence-electron chi connectivity index (χ1n) is 11.1. The van der Waals surface area contributed by atoms with E-state index in [4.69, 9.17) is 17.0 Å². The van der Waals surface area contributed by atoms with Crippen LogP contribution in [-0.4, -0.2) is 51.7 Å². The van der Waals surface area contributed by atoms with Gasteiger partial charge in [-0.25, -0.2) is 4.68 Å². The number of nitriles is 1. The van der Waals surface area contributed by atoms with Gasteiger partial charge in [0, 0.05) is 31.6 Å². The molecule has 1 amide bonds. The molecule has 0 unspecified atom stereocenters. The Kier molecular flexibility index (Phi) is 8.21. The second-order valence-corrected chi connectivity index (χ2v) is 8.78. The molecule has 1 fully saturated rings. The van der Waals surface area contributed by atoms with Crippen LogP contribution in [0.5, 0.6) is 5.75 Å². The van der Waals surface area contributed by atoms with Crippen LogP contribution in [0.25, 0.3) is 5.57 Å². The first kappa shape index (κ1) is 29.8. The molecule has 0 spiro atoms. The number of carbonyl (C=O) groups excluding carboxylic acids is 1. The lowest BCUT2D eigenvalue weighted by atomic mass is 10.0. The number of carbonyl (C=O) groups is 1. The Bertz CT molecular complexity index is 1350. The molecule has 1 heterocycles. The van der Waals surface area contributed by atoms with E-state index in [1.807, 2.05) is 0 Å². The number of allylic oxidation sites excluding steroid dienone is 1. The highest BCUT2D eigenvalue weighted by atomic mass is 35.5. The monoisotopic (exact) mass is 580 g/mol. The van der Waals surface area contributed by atoms with Crippen LogP contribution in [0.4, 0.5) is 36.6 Å². The fourth-order valence-corrected chi connectivity index (χ4v) is 3.97. The van der Waals surface area contributed by atoms with Crippen molar-refractivity contribution in [3.63, 3.8) is 0 Å². The van der Waals surface area contributed by atoms with Crippen LogP contribution in [0.15, 0.2) is 24.4 Å². The number of rotatable bonds is 10. The van der Waals surface area contributed by atoms with Crippen LogP contribution >= 0.6 is 11.6 Å². The van der Waals surface area contributed by atoms with Crippen LogP contribution in [-0.2, 0) is 13.0 Å². The summed E-state index contributed by atoms with van der Waals surface area (Å²) < 4.78 is 97.0. The summed E-state index contributed by atoms with van der Waals surface area (Å²) in [5, 5.41) is 22.5. The third kappa shape index (κ3) is 5.65. The molecule has 1 aliphatic carbocycles. The smallest absolute Gasteiger partial charge is 0.429 e. The minimum Gasteiger partial charge on any atom is -0.429 e. The number of ether oxygens (including phenoxy) is 1. The van der Waals surface area contributed by atoms with E-state index in [2.05, 4.69) is 21.2 Å². The van der Waals surface area contributed by atoms with Gasteiger partial charge >= 0.3 is 18.7 Å². The molecule has 8 nitrogen and oxygen atoms in total. The molecule has 3 rings (SSSR count). The zero-order chi connectivity index (χ0) is 29.3. The molecule has 210 valence electrons. The average molecular weight is 581 g/mol. The van der Waals surface area contributed by atoms with Gasteiger partial charge in [-0.3, -0.25) is 4.79 Å². The van der Waals surface area contributed by atoms with E-state index in [0.717, 1.165) is 19.5 Å². The van der Waals surface area contributed by atoms with Crippen LogP contribution in [0, 0.1) is 16.7 Å². The van der Waals surface area contributed by atoms with E-state index in [-0.39, 0.29) is 28.3 Å². The lowest BCUT2D eigenvalue weighted by Gasteiger charge is -2.26. The second-order valence-electron chi connectivity index (χ2n) is 8.38. The first-order chi connectivity index (χ1) is 18.1. The number of amides is 1. The highest BCUT2D eigenvalue weighted by Crippen LogP contribution is 2.49. The number of aryl methyl sites for hydroxylation is 1. The van der Waals surface area contributed by atoms with E-state index >= 15 is 0 Å². The molecule has 0 saturated heterocycles. The van der Waals surface area contributed by atoms with Gasteiger partial charge in [0.05, 0.1) is 16.7 Å². The van der Waals surface area contributed by atoms with Gasteiger partial charge in [-0.1, -0.05) is 17.7 Å². The maximum absolute atomic E-state index is 14.0. The topological polar surface area (TPSA) is 107 Å². The van der Waals surface area contributed by atoms with Crippen LogP contribution in [0.3, 0.4) is 0 Å². The van der Waals surface area contributed by atoms with E-state index in [0.29, 0.717) is 17.5 Å². The molecule has 1 aliphatic rings.